The molecule has 0 spiro atoms. The molecule has 0 aliphatic heterocycles. The van der Waals surface area contributed by atoms with Gasteiger partial charge in [0.2, 0.25) is 0 Å². The van der Waals surface area contributed by atoms with Gasteiger partial charge in [-0.15, -0.1) is 11.3 Å². The standard InChI is InChI=1S/C15H13N3S/c16-14-13(18-15(19-14)9-3-4-9)11-5-6-12-10(8-11)2-1-7-17-12/h1-2,5-9H,3-4,16H2. The van der Waals surface area contributed by atoms with Crippen LogP contribution in [0.4, 0.5) is 5.00 Å². The molecule has 1 fully saturated rings. The number of rotatable bonds is 2. The fraction of sp³-hybridized carbons (Fsp3) is 0.200. The topological polar surface area (TPSA) is 51.8 Å². The molecule has 2 N–H and O–H groups in total. The first kappa shape index (κ1) is 10.9. The van der Waals surface area contributed by atoms with Gasteiger partial charge in [0.05, 0.1) is 10.5 Å². The third kappa shape index (κ3) is 1.88. The van der Waals surface area contributed by atoms with E-state index < -0.39 is 0 Å². The molecule has 0 saturated heterocycles. The molecule has 2 aromatic heterocycles. The summed E-state index contributed by atoms with van der Waals surface area (Å²) >= 11 is 1.64. The average Bonchev–Trinajstić information content (AvgIpc) is 3.22. The minimum atomic E-state index is 0.656. The van der Waals surface area contributed by atoms with Crippen molar-refractivity contribution in [3.63, 3.8) is 0 Å². The average molecular weight is 267 g/mol. The third-order valence-corrected chi connectivity index (χ3v) is 4.52. The van der Waals surface area contributed by atoms with E-state index in [4.69, 9.17) is 10.7 Å². The van der Waals surface area contributed by atoms with Gasteiger partial charge in [0.1, 0.15) is 10.7 Å². The fourth-order valence-corrected chi connectivity index (χ4v) is 3.31. The van der Waals surface area contributed by atoms with Crippen molar-refractivity contribution >= 4 is 27.2 Å². The lowest BCUT2D eigenvalue weighted by Gasteiger charge is -2.01. The molecule has 2 heterocycles. The summed E-state index contributed by atoms with van der Waals surface area (Å²) in [6.45, 7) is 0. The maximum Gasteiger partial charge on any atom is 0.114 e. The summed E-state index contributed by atoms with van der Waals surface area (Å²) in [6.07, 6.45) is 4.33. The van der Waals surface area contributed by atoms with Crippen LogP contribution in [0.3, 0.4) is 0 Å². The van der Waals surface area contributed by atoms with Crippen LogP contribution in [0.15, 0.2) is 36.5 Å². The molecule has 0 amide bonds. The highest BCUT2D eigenvalue weighted by atomic mass is 32.1. The molecule has 0 atom stereocenters. The Kier molecular flexibility index (Phi) is 2.32. The van der Waals surface area contributed by atoms with Crippen molar-refractivity contribution in [2.24, 2.45) is 0 Å². The maximum absolute atomic E-state index is 6.12. The highest BCUT2D eigenvalue weighted by Crippen LogP contribution is 2.45. The normalized spacial score (nSPS) is 14.9. The number of pyridine rings is 1. The Morgan fingerprint density at radius 2 is 2.11 bits per heavy atom. The Bertz CT molecular complexity index is 759. The van der Waals surface area contributed by atoms with E-state index in [9.17, 15) is 0 Å². The maximum atomic E-state index is 6.12. The molecule has 94 valence electrons. The number of nitrogen functional groups attached to an aromatic ring is 1. The van der Waals surface area contributed by atoms with E-state index in [0.29, 0.717) is 5.92 Å². The Morgan fingerprint density at radius 3 is 2.95 bits per heavy atom. The molecule has 19 heavy (non-hydrogen) atoms. The van der Waals surface area contributed by atoms with Crippen LogP contribution < -0.4 is 5.73 Å². The second-order valence-electron chi connectivity index (χ2n) is 4.95. The summed E-state index contributed by atoms with van der Waals surface area (Å²) in [5.41, 5.74) is 9.14. The Balaban J connectivity index is 1.84. The van der Waals surface area contributed by atoms with Gasteiger partial charge >= 0.3 is 0 Å². The lowest BCUT2D eigenvalue weighted by molar-refractivity contribution is 1.09. The molecule has 3 aromatic rings. The Morgan fingerprint density at radius 1 is 1.21 bits per heavy atom. The van der Waals surface area contributed by atoms with Crippen molar-refractivity contribution in [3.05, 3.63) is 41.5 Å². The first-order valence-electron chi connectivity index (χ1n) is 6.42. The molecule has 3 nitrogen and oxygen atoms in total. The number of nitrogens with zero attached hydrogens (tertiary/aromatic N) is 2. The van der Waals surface area contributed by atoms with Crippen LogP contribution in [0.5, 0.6) is 0 Å². The number of benzene rings is 1. The summed E-state index contributed by atoms with van der Waals surface area (Å²) in [6, 6.07) is 10.2. The molecular weight excluding hydrogens is 254 g/mol. The quantitative estimate of drug-likeness (QED) is 0.768. The summed E-state index contributed by atoms with van der Waals surface area (Å²) < 4.78 is 0. The van der Waals surface area contributed by atoms with Crippen LogP contribution in [-0.4, -0.2) is 9.97 Å². The van der Waals surface area contributed by atoms with E-state index in [1.54, 1.807) is 11.3 Å². The van der Waals surface area contributed by atoms with E-state index in [1.165, 1.54) is 17.8 Å². The Hall–Kier alpha value is -1.94. The predicted molar refractivity (Wildman–Crippen MR) is 79.2 cm³/mol. The zero-order valence-electron chi connectivity index (χ0n) is 10.3. The van der Waals surface area contributed by atoms with Gasteiger partial charge in [-0.1, -0.05) is 12.1 Å². The lowest BCUT2D eigenvalue weighted by Crippen LogP contribution is -1.87. The molecule has 1 aliphatic rings. The van der Waals surface area contributed by atoms with Crippen molar-refractivity contribution in [3.8, 4) is 11.3 Å². The Labute approximate surface area is 115 Å². The van der Waals surface area contributed by atoms with Gasteiger partial charge in [0, 0.05) is 23.1 Å². The van der Waals surface area contributed by atoms with Crippen molar-refractivity contribution in [1.82, 2.24) is 9.97 Å². The van der Waals surface area contributed by atoms with Gasteiger partial charge in [-0.2, -0.15) is 0 Å². The van der Waals surface area contributed by atoms with Gasteiger partial charge in [-0.05, 0) is 31.0 Å². The van der Waals surface area contributed by atoms with Crippen molar-refractivity contribution < 1.29 is 0 Å². The minimum absolute atomic E-state index is 0.656. The highest BCUT2D eigenvalue weighted by Gasteiger charge is 2.28. The number of anilines is 1. The van der Waals surface area contributed by atoms with E-state index in [-0.39, 0.29) is 0 Å². The second kappa shape index (κ2) is 4.03. The zero-order chi connectivity index (χ0) is 12.8. The van der Waals surface area contributed by atoms with Crippen LogP contribution in [-0.2, 0) is 0 Å². The van der Waals surface area contributed by atoms with Crippen LogP contribution >= 0.6 is 11.3 Å². The SMILES string of the molecule is Nc1sc(C2CC2)nc1-c1ccc2ncccc2c1. The van der Waals surface area contributed by atoms with Crippen LogP contribution in [0.2, 0.25) is 0 Å². The second-order valence-corrected chi connectivity index (χ2v) is 6.01. The lowest BCUT2D eigenvalue weighted by atomic mass is 10.1. The highest BCUT2D eigenvalue weighted by molar-refractivity contribution is 7.16. The van der Waals surface area contributed by atoms with Gasteiger partial charge in [-0.25, -0.2) is 4.98 Å². The van der Waals surface area contributed by atoms with Gasteiger partial charge in [-0.3, -0.25) is 4.98 Å². The first-order valence-corrected chi connectivity index (χ1v) is 7.24. The number of fused-ring (bicyclic) bond motifs is 1. The van der Waals surface area contributed by atoms with Gasteiger partial charge in [0.25, 0.3) is 0 Å². The van der Waals surface area contributed by atoms with Crippen molar-refractivity contribution in [2.45, 2.75) is 18.8 Å². The van der Waals surface area contributed by atoms with Crippen LogP contribution in [0.25, 0.3) is 22.2 Å². The van der Waals surface area contributed by atoms with Crippen LogP contribution in [0.1, 0.15) is 23.8 Å². The number of hydrogen-bond acceptors (Lipinski definition) is 4. The molecule has 4 rings (SSSR count). The molecule has 1 aromatic carbocycles. The number of thiazole rings is 1. The predicted octanol–water partition coefficient (Wildman–Crippen LogP) is 3.82. The monoisotopic (exact) mass is 267 g/mol. The smallest absolute Gasteiger partial charge is 0.114 e. The van der Waals surface area contributed by atoms with E-state index in [0.717, 1.165) is 27.2 Å². The van der Waals surface area contributed by atoms with E-state index in [1.807, 2.05) is 18.3 Å². The summed E-state index contributed by atoms with van der Waals surface area (Å²) in [7, 11) is 0. The summed E-state index contributed by atoms with van der Waals surface area (Å²) in [5, 5.41) is 3.14. The number of aromatic nitrogens is 2. The number of hydrogen-bond donors (Lipinski definition) is 1. The number of nitrogens with two attached hydrogens (primary N) is 1. The molecule has 1 saturated carbocycles. The van der Waals surface area contributed by atoms with Crippen molar-refractivity contribution in [2.75, 3.05) is 5.73 Å². The fourth-order valence-electron chi connectivity index (χ4n) is 2.28. The van der Waals surface area contributed by atoms with Crippen molar-refractivity contribution in [1.29, 1.82) is 0 Å². The summed E-state index contributed by atoms with van der Waals surface area (Å²) in [4.78, 5) is 9.05. The molecule has 1 aliphatic carbocycles. The molecule has 0 radical (unpaired) electrons. The first-order chi connectivity index (χ1) is 9.31. The van der Waals surface area contributed by atoms with E-state index >= 15 is 0 Å². The van der Waals surface area contributed by atoms with Crippen LogP contribution in [0, 0.1) is 0 Å². The minimum Gasteiger partial charge on any atom is -0.389 e. The third-order valence-electron chi connectivity index (χ3n) is 3.47. The molecule has 0 unspecified atom stereocenters. The molecule has 0 bridgehead atoms. The van der Waals surface area contributed by atoms with Gasteiger partial charge in [0.15, 0.2) is 0 Å². The van der Waals surface area contributed by atoms with E-state index in [2.05, 4.69) is 23.2 Å². The molecular formula is C15H13N3S. The van der Waals surface area contributed by atoms with Gasteiger partial charge < -0.3 is 5.73 Å². The largest absolute Gasteiger partial charge is 0.389 e. The zero-order valence-corrected chi connectivity index (χ0v) is 11.2. The summed E-state index contributed by atoms with van der Waals surface area (Å²) in [5.74, 6) is 0.656. The molecule has 4 heteroatoms.